The van der Waals surface area contributed by atoms with E-state index in [2.05, 4.69) is 84.9 Å². The second-order valence-electron chi connectivity index (χ2n) is 9.27. The van der Waals surface area contributed by atoms with E-state index in [1.807, 2.05) is 24.3 Å². The summed E-state index contributed by atoms with van der Waals surface area (Å²) in [6, 6.07) is 38.6. The standard InChI is InChI=1S/C33H17NO/c34-18-19-7-12-26-28-14-13-25(27-5-2-6-29(33(27)28)35-30(26)15-19)24-16-22-10-8-20-3-1-4-21-9-11-23(17-24)32(22)31(20)21/h1-17H. The summed E-state index contributed by atoms with van der Waals surface area (Å²) in [6.07, 6.45) is 0. The van der Waals surface area contributed by atoms with Crippen molar-refractivity contribution in [3.8, 4) is 39.8 Å². The van der Waals surface area contributed by atoms with Gasteiger partial charge < -0.3 is 4.74 Å². The largest absolute Gasteiger partial charge is 0.456 e. The molecular formula is C33H17NO. The van der Waals surface area contributed by atoms with Crippen molar-refractivity contribution < 1.29 is 4.74 Å². The maximum atomic E-state index is 9.32. The zero-order valence-corrected chi connectivity index (χ0v) is 18.7. The first-order valence-electron chi connectivity index (χ1n) is 11.7. The van der Waals surface area contributed by atoms with E-state index in [0.717, 1.165) is 28.0 Å². The first-order valence-corrected chi connectivity index (χ1v) is 11.7. The molecule has 0 amide bonds. The maximum Gasteiger partial charge on any atom is 0.136 e. The lowest BCUT2D eigenvalue weighted by atomic mass is 9.87. The quantitative estimate of drug-likeness (QED) is 0.237. The van der Waals surface area contributed by atoms with E-state index in [1.165, 1.54) is 48.8 Å². The molecule has 7 aromatic rings. The Morgan fingerprint density at radius 2 is 1.17 bits per heavy atom. The molecular weight excluding hydrogens is 426 g/mol. The Labute approximate surface area is 201 Å². The van der Waals surface area contributed by atoms with Crippen molar-refractivity contribution in [1.82, 2.24) is 0 Å². The van der Waals surface area contributed by atoms with Crippen LogP contribution in [0.15, 0.2) is 103 Å². The van der Waals surface area contributed by atoms with Crippen molar-refractivity contribution in [3.05, 3.63) is 109 Å². The highest BCUT2D eigenvalue weighted by Gasteiger charge is 2.22. The number of nitriles is 1. The van der Waals surface area contributed by atoms with Gasteiger partial charge in [-0.2, -0.15) is 5.26 Å². The lowest BCUT2D eigenvalue weighted by Crippen LogP contribution is -1.98. The molecule has 0 radical (unpaired) electrons. The minimum absolute atomic E-state index is 0.602. The molecule has 0 spiro atoms. The van der Waals surface area contributed by atoms with Gasteiger partial charge in [0.05, 0.1) is 11.6 Å². The molecule has 8 rings (SSSR count). The first-order chi connectivity index (χ1) is 17.3. The number of hydrogen-bond acceptors (Lipinski definition) is 2. The third-order valence-electron chi connectivity index (χ3n) is 7.40. The molecule has 0 fully saturated rings. The molecule has 0 N–H and O–H groups in total. The lowest BCUT2D eigenvalue weighted by Gasteiger charge is -2.23. The van der Waals surface area contributed by atoms with Crippen LogP contribution in [0.25, 0.3) is 65.3 Å². The van der Waals surface area contributed by atoms with Gasteiger partial charge in [0.25, 0.3) is 0 Å². The monoisotopic (exact) mass is 443 g/mol. The second-order valence-corrected chi connectivity index (χ2v) is 9.27. The molecule has 160 valence electrons. The Kier molecular flexibility index (Phi) is 3.49. The molecule has 0 aromatic heterocycles. The number of nitrogens with zero attached hydrogens (tertiary/aromatic N) is 1. The topological polar surface area (TPSA) is 33.0 Å². The number of benzene rings is 7. The first kappa shape index (κ1) is 18.5. The summed E-state index contributed by atoms with van der Waals surface area (Å²) in [5, 5.41) is 19.4. The van der Waals surface area contributed by atoms with Gasteiger partial charge in [0.1, 0.15) is 11.5 Å². The van der Waals surface area contributed by atoms with E-state index in [0.29, 0.717) is 5.56 Å². The molecule has 0 bridgehead atoms. The molecule has 0 aliphatic carbocycles. The lowest BCUT2D eigenvalue weighted by molar-refractivity contribution is 0.487. The van der Waals surface area contributed by atoms with Crippen LogP contribution in [0, 0.1) is 11.3 Å². The van der Waals surface area contributed by atoms with Crippen molar-refractivity contribution in [2.45, 2.75) is 0 Å². The third kappa shape index (κ3) is 2.47. The highest BCUT2D eigenvalue weighted by atomic mass is 16.5. The number of fused-ring (bicyclic) bond motifs is 2. The Balaban J connectivity index is 1.41. The van der Waals surface area contributed by atoms with Gasteiger partial charge in [-0.1, -0.05) is 66.7 Å². The van der Waals surface area contributed by atoms with Crippen LogP contribution in [-0.4, -0.2) is 0 Å². The molecule has 1 heterocycles. The van der Waals surface area contributed by atoms with Crippen molar-refractivity contribution in [1.29, 1.82) is 5.26 Å². The third-order valence-corrected chi connectivity index (χ3v) is 7.40. The van der Waals surface area contributed by atoms with E-state index >= 15 is 0 Å². The maximum absolute atomic E-state index is 9.32. The zero-order chi connectivity index (χ0) is 23.1. The number of rotatable bonds is 1. The van der Waals surface area contributed by atoms with Crippen molar-refractivity contribution in [2.75, 3.05) is 0 Å². The average molecular weight is 444 g/mol. The van der Waals surface area contributed by atoms with Gasteiger partial charge >= 0.3 is 0 Å². The van der Waals surface area contributed by atoms with Crippen LogP contribution < -0.4 is 4.74 Å². The van der Waals surface area contributed by atoms with Crippen LogP contribution in [0.1, 0.15) is 5.56 Å². The summed E-state index contributed by atoms with van der Waals surface area (Å²) in [5.74, 6) is 1.57. The molecule has 0 atom stereocenters. The predicted molar refractivity (Wildman–Crippen MR) is 143 cm³/mol. The molecule has 0 unspecified atom stereocenters. The molecule has 1 aliphatic rings. The zero-order valence-electron chi connectivity index (χ0n) is 18.7. The molecule has 2 nitrogen and oxygen atoms in total. The smallest absolute Gasteiger partial charge is 0.136 e. The van der Waals surface area contributed by atoms with Gasteiger partial charge in [-0.3, -0.25) is 0 Å². The Morgan fingerprint density at radius 1 is 0.514 bits per heavy atom. The van der Waals surface area contributed by atoms with Gasteiger partial charge in [0.15, 0.2) is 0 Å². The summed E-state index contributed by atoms with van der Waals surface area (Å²) in [5.41, 5.74) is 5.16. The molecule has 7 aromatic carbocycles. The van der Waals surface area contributed by atoms with Crippen LogP contribution in [-0.2, 0) is 0 Å². The highest BCUT2D eigenvalue weighted by Crippen LogP contribution is 2.49. The second kappa shape index (κ2) is 6.59. The van der Waals surface area contributed by atoms with Crippen molar-refractivity contribution >= 4 is 43.1 Å². The Bertz CT molecular complexity index is 1980. The van der Waals surface area contributed by atoms with Crippen LogP contribution in [0.2, 0.25) is 0 Å². The van der Waals surface area contributed by atoms with E-state index < -0.39 is 0 Å². The van der Waals surface area contributed by atoms with E-state index in [9.17, 15) is 5.26 Å². The molecule has 2 heteroatoms. The minimum atomic E-state index is 0.602. The van der Waals surface area contributed by atoms with Crippen LogP contribution in [0.3, 0.4) is 0 Å². The molecule has 0 saturated carbocycles. The fourth-order valence-corrected chi connectivity index (χ4v) is 5.86. The van der Waals surface area contributed by atoms with E-state index in [1.54, 1.807) is 0 Å². The number of hydrogen-bond donors (Lipinski definition) is 0. The fourth-order valence-electron chi connectivity index (χ4n) is 5.86. The van der Waals surface area contributed by atoms with E-state index in [4.69, 9.17) is 4.74 Å². The fraction of sp³-hybridized carbons (Fsp3) is 0. The van der Waals surface area contributed by atoms with Gasteiger partial charge in [-0.15, -0.1) is 0 Å². The van der Waals surface area contributed by atoms with E-state index in [-0.39, 0.29) is 0 Å². The highest BCUT2D eigenvalue weighted by molar-refractivity contribution is 6.24. The summed E-state index contributed by atoms with van der Waals surface area (Å²) in [4.78, 5) is 0. The summed E-state index contributed by atoms with van der Waals surface area (Å²) in [7, 11) is 0. The Morgan fingerprint density at radius 3 is 1.94 bits per heavy atom. The Hall–Kier alpha value is -4.87. The normalized spacial score (nSPS) is 12.2. The van der Waals surface area contributed by atoms with Gasteiger partial charge in [-0.25, -0.2) is 0 Å². The van der Waals surface area contributed by atoms with Crippen LogP contribution in [0.5, 0.6) is 11.5 Å². The van der Waals surface area contributed by atoms with Crippen LogP contribution in [0.4, 0.5) is 0 Å². The van der Waals surface area contributed by atoms with Gasteiger partial charge in [-0.05, 0) is 90.8 Å². The summed E-state index contributed by atoms with van der Waals surface area (Å²) in [6.45, 7) is 0. The molecule has 1 aliphatic heterocycles. The van der Waals surface area contributed by atoms with Gasteiger partial charge in [0.2, 0.25) is 0 Å². The van der Waals surface area contributed by atoms with Gasteiger partial charge in [0, 0.05) is 10.9 Å². The molecule has 0 saturated heterocycles. The minimum Gasteiger partial charge on any atom is -0.456 e. The SMILES string of the molecule is N#Cc1ccc2c(c1)Oc1cccc3c(-c4cc5ccc6cccc7ccc(c4)c5c67)ccc-2c13. The average Bonchev–Trinajstić information content (AvgIpc) is 2.91. The molecule has 35 heavy (non-hydrogen) atoms. The van der Waals surface area contributed by atoms with Crippen LogP contribution >= 0.6 is 0 Å². The summed E-state index contributed by atoms with van der Waals surface area (Å²) >= 11 is 0. The van der Waals surface area contributed by atoms with Crippen molar-refractivity contribution in [3.63, 3.8) is 0 Å². The summed E-state index contributed by atoms with van der Waals surface area (Å²) < 4.78 is 6.29. The predicted octanol–water partition coefficient (Wildman–Crippen LogP) is 9.05. The number of ether oxygens (including phenoxy) is 1. The van der Waals surface area contributed by atoms with Crippen molar-refractivity contribution in [2.24, 2.45) is 0 Å².